The number of nitriles is 1. The van der Waals surface area contributed by atoms with Crippen LogP contribution in [0.5, 0.6) is 0 Å². The Labute approximate surface area is 76.2 Å². The van der Waals surface area contributed by atoms with Crippen molar-refractivity contribution in [3.63, 3.8) is 0 Å². The van der Waals surface area contributed by atoms with Gasteiger partial charge in [0, 0.05) is 12.6 Å². The van der Waals surface area contributed by atoms with E-state index in [-0.39, 0.29) is 5.91 Å². The fraction of sp³-hybridized carbons (Fsp3) is 0.111. The molecule has 2 N–H and O–H groups in total. The normalized spacial score (nSPS) is 9.00. The molecule has 0 aliphatic rings. The highest BCUT2D eigenvalue weighted by molar-refractivity contribution is 5.93. The summed E-state index contributed by atoms with van der Waals surface area (Å²) in [5.74, 6) is 4.98. The molecular formula is C9H9N3O. The molecule has 0 unspecified atom stereocenters. The summed E-state index contributed by atoms with van der Waals surface area (Å²) in [7, 11) is 1.47. The lowest BCUT2D eigenvalue weighted by atomic mass is 10.1. The van der Waals surface area contributed by atoms with Gasteiger partial charge in [0.2, 0.25) is 0 Å². The SMILES string of the molecule is CN(N)C(=O)c1ccc(C#N)cc1. The molecule has 0 aliphatic carbocycles. The van der Waals surface area contributed by atoms with Crippen molar-refractivity contribution in [2.45, 2.75) is 0 Å². The molecule has 0 heterocycles. The van der Waals surface area contributed by atoms with Crippen molar-refractivity contribution in [3.8, 4) is 6.07 Å². The highest BCUT2D eigenvalue weighted by Gasteiger charge is 2.06. The molecule has 1 rings (SSSR count). The van der Waals surface area contributed by atoms with Gasteiger partial charge in [0.15, 0.2) is 0 Å². The second-order valence-electron chi connectivity index (χ2n) is 2.61. The van der Waals surface area contributed by atoms with Crippen LogP contribution >= 0.6 is 0 Å². The van der Waals surface area contributed by atoms with E-state index >= 15 is 0 Å². The van der Waals surface area contributed by atoms with E-state index in [0.717, 1.165) is 5.01 Å². The van der Waals surface area contributed by atoms with Crippen LogP contribution in [0.2, 0.25) is 0 Å². The molecule has 0 saturated heterocycles. The molecule has 0 aromatic heterocycles. The number of carbonyl (C=O) groups excluding carboxylic acids is 1. The highest BCUT2D eigenvalue weighted by Crippen LogP contribution is 2.04. The average molecular weight is 175 g/mol. The maximum absolute atomic E-state index is 11.3. The van der Waals surface area contributed by atoms with Crippen molar-refractivity contribution in [2.75, 3.05) is 7.05 Å². The average Bonchev–Trinajstić information content (AvgIpc) is 2.17. The quantitative estimate of drug-likeness (QED) is 0.384. The van der Waals surface area contributed by atoms with Crippen LogP contribution in [-0.2, 0) is 0 Å². The predicted octanol–water partition coefficient (Wildman–Crippen LogP) is 0.504. The van der Waals surface area contributed by atoms with Gasteiger partial charge in [0.1, 0.15) is 0 Å². The number of hydrogen-bond acceptors (Lipinski definition) is 3. The summed E-state index contributed by atoms with van der Waals surface area (Å²) in [5, 5.41) is 9.51. The van der Waals surface area contributed by atoms with Crippen molar-refractivity contribution in [3.05, 3.63) is 35.4 Å². The van der Waals surface area contributed by atoms with Crippen LogP contribution in [0.3, 0.4) is 0 Å². The number of nitrogens with zero attached hydrogens (tertiary/aromatic N) is 2. The van der Waals surface area contributed by atoms with Crippen molar-refractivity contribution >= 4 is 5.91 Å². The molecule has 13 heavy (non-hydrogen) atoms. The molecule has 4 heteroatoms. The summed E-state index contributed by atoms with van der Waals surface area (Å²) in [4.78, 5) is 11.3. The summed E-state index contributed by atoms with van der Waals surface area (Å²) in [5.41, 5.74) is 1.00. The lowest BCUT2D eigenvalue weighted by Gasteiger charge is -2.08. The zero-order valence-corrected chi connectivity index (χ0v) is 7.19. The van der Waals surface area contributed by atoms with Crippen molar-refractivity contribution in [2.24, 2.45) is 5.84 Å². The van der Waals surface area contributed by atoms with Crippen LogP contribution in [0, 0.1) is 11.3 Å². The predicted molar refractivity (Wildman–Crippen MR) is 47.4 cm³/mol. The minimum Gasteiger partial charge on any atom is -0.280 e. The monoisotopic (exact) mass is 175 g/mol. The van der Waals surface area contributed by atoms with E-state index in [1.165, 1.54) is 7.05 Å². The Hall–Kier alpha value is -1.86. The second kappa shape index (κ2) is 3.70. The van der Waals surface area contributed by atoms with Crippen LogP contribution in [-0.4, -0.2) is 18.0 Å². The maximum atomic E-state index is 11.3. The molecule has 66 valence electrons. The summed E-state index contributed by atoms with van der Waals surface area (Å²) < 4.78 is 0. The first-order valence-corrected chi connectivity index (χ1v) is 3.68. The Morgan fingerprint density at radius 1 is 1.46 bits per heavy atom. The largest absolute Gasteiger partial charge is 0.280 e. The Morgan fingerprint density at radius 3 is 2.38 bits per heavy atom. The Kier molecular flexibility index (Phi) is 2.62. The third-order valence-electron chi connectivity index (χ3n) is 1.58. The topological polar surface area (TPSA) is 70.1 Å². The number of carbonyl (C=O) groups is 1. The Balaban J connectivity index is 2.94. The van der Waals surface area contributed by atoms with Gasteiger partial charge in [-0.05, 0) is 24.3 Å². The summed E-state index contributed by atoms with van der Waals surface area (Å²) in [6, 6.07) is 8.27. The minimum atomic E-state index is -0.274. The first-order chi connectivity index (χ1) is 6.15. The number of hydrogen-bond donors (Lipinski definition) is 1. The van der Waals surface area contributed by atoms with Crippen molar-refractivity contribution < 1.29 is 4.79 Å². The van der Waals surface area contributed by atoms with Gasteiger partial charge in [-0.1, -0.05) is 0 Å². The van der Waals surface area contributed by atoms with E-state index in [2.05, 4.69) is 0 Å². The number of benzene rings is 1. The first kappa shape index (κ1) is 9.23. The van der Waals surface area contributed by atoms with Gasteiger partial charge >= 0.3 is 0 Å². The van der Waals surface area contributed by atoms with Crippen LogP contribution in [0.15, 0.2) is 24.3 Å². The zero-order valence-electron chi connectivity index (χ0n) is 7.19. The van der Waals surface area contributed by atoms with Crippen LogP contribution in [0.1, 0.15) is 15.9 Å². The third kappa shape index (κ3) is 2.04. The standard InChI is InChI=1S/C9H9N3O/c1-12(11)9(13)8-4-2-7(6-10)3-5-8/h2-5H,11H2,1H3. The van der Waals surface area contributed by atoms with Gasteiger partial charge in [0.25, 0.3) is 5.91 Å². The van der Waals surface area contributed by atoms with Crippen LogP contribution < -0.4 is 5.84 Å². The van der Waals surface area contributed by atoms with E-state index in [9.17, 15) is 4.79 Å². The third-order valence-corrected chi connectivity index (χ3v) is 1.58. The van der Waals surface area contributed by atoms with Gasteiger partial charge in [-0.2, -0.15) is 5.26 Å². The summed E-state index contributed by atoms with van der Waals surface area (Å²) >= 11 is 0. The van der Waals surface area contributed by atoms with E-state index in [1.807, 2.05) is 6.07 Å². The molecule has 0 aliphatic heterocycles. The molecular weight excluding hydrogens is 166 g/mol. The lowest BCUT2D eigenvalue weighted by Crippen LogP contribution is -2.32. The fourth-order valence-electron chi connectivity index (χ4n) is 0.891. The van der Waals surface area contributed by atoms with E-state index in [4.69, 9.17) is 11.1 Å². The molecule has 0 bridgehead atoms. The van der Waals surface area contributed by atoms with E-state index < -0.39 is 0 Å². The number of hydrazine groups is 1. The van der Waals surface area contributed by atoms with E-state index in [1.54, 1.807) is 24.3 Å². The number of nitrogens with two attached hydrogens (primary N) is 1. The molecule has 0 radical (unpaired) electrons. The highest BCUT2D eigenvalue weighted by atomic mass is 16.2. The van der Waals surface area contributed by atoms with Crippen LogP contribution in [0.25, 0.3) is 0 Å². The van der Waals surface area contributed by atoms with Crippen molar-refractivity contribution in [1.29, 1.82) is 5.26 Å². The maximum Gasteiger partial charge on any atom is 0.267 e. The van der Waals surface area contributed by atoms with Gasteiger partial charge < -0.3 is 0 Å². The lowest BCUT2D eigenvalue weighted by molar-refractivity contribution is 0.0795. The molecule has 1 aromatic rings. The smallest absolute Gasteiger partial charge is 0.267 e. The fourth-order valence-corrected chi connectivity index (χ4v) is 0.891. The zero-order chi connectivity index (χ0) is 9.84. The van der Waals surface area contributed by atoms with Gasteiger partial charge in [-0.3, -0.25) is 9.80 Å². The molecule has 0 spiro atoms. The first-order valence-electron chi connectivity index (χ1n) is 3.68. The van der Waals surface area contributed by atoms with Crippen LogP contribution in [0.4, 0.5) is 0 Å². The molecule has 0 atom stereocenters. The second-order valence-corrected chi connectivity index (χ2v) is 2.61. The molecule has 1 amide bonds. The summed E-state index contributed by atoms with van der Waals surface area (Å²) in [6.45, 7) is 0. The summed E-state index contributed by atoms with van der Waals surface area (Å²) in [6.07, 6.45) is 0. The molecule has 0 saturated carbocycles. The molecule has 4 nitrogen and oxygen atoms in total. The van der Waals surface area contributed by atoms with Gasteiger partial charge in [-0.25, -0.2) is 5.84 Å². The van der Waals surface area contributed by atoms with Gasteiger partial charge in [0.05, 0.1) is 11.6 Å². The minimum absolute atomic E-state index is 0.274. The molecule has 0 fully saturated rings. The Morgan fingerprint density at radius 2 is 2.00 bits per heavy atom. The number of rotatable bonds is 1. The molecule has 1 aromatic carbocycles. The van der Waals surface area contributed by atoms with Crippen molar-refractivity contribution in [1.82, 2.24) is 5.01 Å². The number of amides is 1. The van der Waals surface area contributed by atoms with E-state index in [0.29, 0.717) is 11.1 Å². The Bertz CT molecular complexity index is 348. The van der Waals surface area contributed by atoms with Gasteiger partial charge in [-0.15, -0.1) is 0 Å².